The highest BCUT2D eigenvalue weighted by molar-refractivity contribution is 5.95. The van der Waals surface area contributed by atoms with E-state index in [1.165, 1.54) is 5.69 Å². The van der Waals surface area contributed by atoms with Crippen LogP contribution in [0.1, 0.15) is 35.9 Å². The summed E-state index contributed by atoms with van der Waals surface area (Å²) in [6.07, 6.45) is 0. The quantitative estimate of drug-likeness (QED) is 0.837. The van der Waals surface area contributed by atoms with Crippen molar-refractivity contribution in [3.63, 3.8) is 0 Å². The van der Waals surface area contributed by atoms with Crippen molar-refractivity contribution in [1.82, 2.24) is 15.1 Å². The Bertz CT molecular complexity index is 633. The third-order valence-corrected chi connectivity index (χ3v) is 3.46. The van der Waals surface area contributed by atoms with Gasteiger partial charge in [0.25, 0.3) is 0 Å². The number of carbonyl (C=O) groups excluding carboxylic acids is 1. The molecule has 1 N–H and O–H groups in total. The van der Waals surface area contributed by atoms with E-state index in [1.54, 1.807) is 6.92 Å². The summed E-state index contributed by atoms with van der Waals surface area (Å²) in [5.74, 6) is -0.290. The molecule has 3 rings (SSSR count). The number of aromatic nitrogens is 2. The van der Waals surface area contributed by atoms with Crippen LogP contribution in [0.5, 0.6) is 0 Å². The van der Waals surface area contributed by atoms with E-state index in [0.717, 1.165) is 24.0 Å². The molecule has 19 heavy (non-hydrogen) atoms. The minimum atomic E-state index is -0.290. The number of rotatable bonds is 2. The smallest absolute Gasteiger partial charge is 0.338 e. The molecule has 1 unspecified atom stereocenters. The van der Waals surface area contributed by atoms with Crippen LogP contribution in [0.15, 0.2) is 18.2 Å². The van der Waals surface area contributed by atoms with Gasteiger partial charge in [-0.05, 0) is 26.0 Å². The van der Waals surface area contributed by atoms with Crippen LogP contribution in [0.4, 0.5) is 0 Å². The largest absolute Gasteiger partial charge is 0.462 e. The summed E-state index contributed by atoms with van der Waals surface area (Å²) in [7, 11) is 0. The number of nitrogens with one attached hydrogen (secondary N) is 1. The molecule has 0 radical (unpaired) electrons. The number of hydrogen-bond donors (Lipinski definition) is 1. The maximum absolute atomic E-state index is 11.7. The zero-order valence-corrected chi connectivity index (χ0v) is 11.1. The highest BCUT2D eigenvalue weighted by Crippen LogP contribution is 2.25. The topological polar surface area (TPSA) is 56.2 Å². The molecule has 1 aromatic carbocycles. The van der Waals surface area contributed by atoms with Crippen molar-refractivity contribution in [1.29, 1.82) is 0 Å². The molecule has 0 saturated heterocycles. The number of benzene rings is 1. The number of carbonyl (C=O) groups is 1. The van der Waals surface area contributed by atoms with Crippen LogP contribution in [0.2, 0.25) is 0 Å². The van der Waals surface area contributed by atoms with Crippen LogP contribution in [-0.4, -0.2) is 28.9 Å². The van der Waals surface area contributed by atoms with Crippen LogP contribution in [0.3, 0.4) is 0 Å². The Morgan fingerprint density at radius 1 is 1.58 bits per heavy atom. The summed E-state index contributed by atoms with van der Waals surface area (Å²) in [6, 6.07) is 5.91. The van der Waals surface area contributed by atoms with Crippen molar-refractivity contribution in [3.05, 3.63) is 29.5 Å². The van der Waals surface area contributed by atoms with Gasteiger partial charge in [0.05, 0.1) is 29.4 Å². The first-order valence-corrected chi connectivity index (χ1v) is 6.59. The normalized spacial score (nSPS) is 18.3. The second kappa shape index (κ2) is 4.66. The molecule has 2 aromatic rings. The predicted molar refractivity (Wildman–Crippen MR) is 72.1 cm³/mol. The molecule has 0 saturated carbocycles. The van der Waals surface area contributed by atoms with Gasteiger partial charge in [-0.15, -0.1) is 0 Å². The SMILES string of the molecule is CCOC(=O)c1ccc2c3n(nc2c1)C(C)CNC3. The highest BCUT2D eigenvalue weighted by atomic mass is 16.5. The van der Waals surface area contributed by atoms with Crippen molar-refractivity contribution in [3.8, 4) is 0 Å². The summed E-state index contributed by atoms with van der Waals surface area (Å²) in [4.78, 5) is 11.7. The van der Waals surface area contributed by atoms with E-state index < -0.39 is 0 Å². The zero-order chi connectivity index (χ0) is 13.4. The van der Waals surface area contributed by atoms with Crippen LogP contribution in [0, 0.1) is 0 Å². The van der Waals surface area contributed by atoms with Gasteiger partial charge in [-0.3, -0.25) is 4.68 Å². The molecule has 0 fully saturated rings. The molecule has 0 spiro atoms. The van der Waals surface area contributed by atoms with Crippen molar-refractivity contribution < 1.29 is 9.53 Å². The number of fused-ring (bicyclic) bond motifs is 3. The van der Waals surface area contributed by atoms with E-state index in [2.05, 4.69) is 22.0 Å². The molecule has 5 heteroatoms. The van der Waals surface area contributed by atoms with E-state index in [9.17, 15) is 4.79 Å². The maximum atomic E-state index is 11.7. The first-order chi connectivity index (χ1) is 9.20. The molecular formula is C14H17N3O2. The van der Waals surface area contributed by atoms with E-state index in [1.807, 2.05) is 18.2 Å². The van der Waals surface area contributed by atoms with Gasteiger partial charge in [0.15, 0.2) is 0 Å². The minimum Gasteiger partial charge on any atom is -0.462 e. The van der Waals surface area contributed by atoms with E-state index in [-0.39, 0.29) is 5.97 Å². The van der Waals surface area contributed by atoms with Gasteiger partial charge in [0, 0.05) is 18.5 Å². The highest BCUT2D eigenvalue weighted by Gasteiger charge is 2.20. The van der Waals surface area contributed by atoms with Gasteiger partial charge in [-0.1, -0.05) is 6.07 Å². The van der Waals surface area contributed by atoms with Gasteiger partial charge < -0.3 is 10.1 Å². The fraction of sp³-hybridized carbons (Fsp3) is 0.429. The zero-order valence-electron chi connectivity index (χ0n) is 11.1. The third-order valence-electron chi connectivity index (χ3n) is 3.46. The fourth-order valence-corrected chi connectivity index (χ4v) is 2.53. The second-order valence-corrected chi connectivity index (χ2v) is 4.82. The van der Waals surface area contributed by atoms with Gasteiger partial charge in [-0.2, -0.15) is 5.10 Å². The average Bonchev–Trinajstić information content (AvgIpc) is 2.78. The molecule has 5 nitrogen and oxygen atoms in total. The van der Waals surface area contributed by atoms with Crippen molar-refractivity contribution >= 4 is 16.9 Å². The molecule has 0 bridgehead atoms. The lowest BCUT2D eigenvalue weighted by molar-refractivity contribution is 0.0526. The Labute approximate surface area is 111 Å². The minimum absolute atomic E-state index is 0.290. The lowest BCUT2D eigenvalue weighted by Gasteiger charge is -2.21. The Morgan fingerprint density at radius 3 is 3.21 bits per heavy atom. The third kappa shape index (κ3) is 2.00. The van der Waals surface area contributed by atoms with Crippen LogP contribution in [0.25, 0.3) is 10.9 Å². The Hall–Kier alpha value is -1.88. The number of esters is 1. The average molecular weight is 259 g/mol. The summed E-state index contributed by atoms with van der Waals surface area (Å²) < 4.78 is 7.07. The van der Waals surface area contributed by atoms with Crippen molar-refractivity contribution in [2.75, 3.05) is 13.2 Å². The molecule has 2 heterocycles. The fourth-order valence-electron chi connectivity index (χ4n) is 2.53. The summed E-state index contributed by atoms with van der Waals surface area (Å²) in [5.41, 5.74) is 2.60. The van der Waals surface area contributed by atoms with Crippen LogP contribution in [-0.2, 0) is 11.3 Å². The molecule has 0 amide bonds. The predicted octanol–water partition coefficient (Wildman–Crippen LogP) is 1.88. The van der Waals surface area contributed by atoms with Crippen molar-refractivity contribution in [2.24, 2.45) is 0 Å². The van der Waals surface area contributed by atoms with Crippen LogP contribution < -0.4 is 5.32 Å². The summed E-state index contributed by atoms with van der Waals surface area (Å²) >= 11 is 0. The van der Waals surface area contributed by atoms with Gasteiger partial charge in [-0.25, -0.2) is 4.79 Å². The van der Waals surface area contributed by atoms with Gasteiger partial charge in [0.1, 0.15) is 0 Å². The van der Waals surface area contributed by atoms with Crippen molar-refractivity contribution in [2.45, 2.75) is 26.4 Å². The van der Waals surface area contributed by atoms with Crippen LogP contribution >= 0.6 is 0 Å². The Kier molecular flexibility index (Phi) is 2.98. The number of ether oxygens (including phenoxy) is 1. The Balaban J connectivity index is 2.07. The number of hydrogen-bond acceptors (Lipinski definition) is 4. The number of nitrogens with zero attached hydrogens (tertiary/aromatic N) is 2. The molecule has 1 atom stereocenters. The molecule has 1 aliphatic rings. The molecule has 1 aromatic heterocycles. The van der Waals surface area contributed by atoms with Gasteiger partial charge >= 0.3 is 5.97 Å². The standard InChI is InChI=1S/C14H17N3O2/c1-3-19-14(18)10-4-5-11-12(6-10)16-17-9(2)7-15-8-13(11)17/h4-6,9,15H,3,7-8H2,1-2H3. The first kappa shape index (κ1) is 12.2. The maximum Gasteiger partial charge on any atom is 0.338 e. The molecule has 1 aliphatic heterocycles. The molecule has 100 valence electrons. The monoisotopic (exact) mass is 259 g/mol. The molecule has 0 aliphatic carbocycles. The lowest BCUT2D eigenvalue weighted by atomic mass is 10.1. The van der Waals surface area contributed by atoms with E-state index in [0.29, 0.717) is 18.2 Å². The first-order valence-electron chi connectivity index (χ1n) is 6.59. The van der Waals surface area contributed by atoms with E-state index in [4.69, 9.17) is 4.74 Å². The second-order valence-electron chi connectivity index (χ2n) is 4.82. The molecular weight excluding hydrogens is 242 g/mol. The lowest BCUT2D eigenvalue weighted by Crippen LogP contribution is -2.31. The Morgan fingerprint density at radius 2 is 2.42 bits per heavy atom. The van der Waals surface area contributed by atoms with Gasteiger partial charge in [0.2, 0.25) is 0 Å². The summed E-state index contributed by atoms with van der Waals surface area (Å²) in [6.45, 7) is 6.07. The van der Waals surface area contributed by atoms with E-state index >= 15 is 0 Å². The summed E-state index contributed by atoms with van der Waals surface area (Å²) in [5, 5.41) is 9.08.